The Hall–Kier alpha value is -1.91. The third-order valence-electron chi connectivity index (χ3n) is 4.20. The molecular formula is C23H39N3O2. The van der Waals surface area contributed by atoms with Crippen molar-refractivity contribution in [3.8, 4) is 0 Å². The van der Waals surface area contributed by atoms with Crippen LogP contribution in [-0.4, -0.2) is 52.8 Å². The monoisotopic (exact) mass is 389 g/mol. The molecule has 0 fully saturated rings. The van der Waals surface area contributed by atoms with Gasteiger partial charge in [-0.2, -0.15) is 0 Å². The number of nitrogens with zero attached hydrogens (tertiary/aromatic N) is 3. The van der Waals surface area contributed by atoms with Gasteiger partial charge in [0.1, 0.15) is 0 Å². The first kappa shape index (κ1) is 24.1. The maximum atomic E-state index is 13.3. The second-order valence-electron chi connectivity index (χ2n) is 9.42. The zero-order valence-electron chi connectivity index (χ0n) is 19.0. The van der Waals surface area contributed by atoms with E-state index >= 15 is 0 Å². The van der Waals surface area contributed by atoms with Crippen LogP contribution in [0.1, 0.15) is 76.1 Å². The molecule has 0 atom stereocenters. The van der Waals surface area contributed by atoms with Gasteiger partial charge in [-0.25, -0.2) is 0 Å². The summed E-state index contributed by atoms with van der Waals surface area (Å²) in [5, 5.41) is 0. The van der Waals surface area contributed by atoms with Crippen LogP contribution in [0.25, 0.3) is 0 Å². The quantitative estimate of drug-likeness (QED) is 0.588. The second kappa shape index (κ2) is 11.2. The highest BCUT2D eigenvalue weighted by Crippen LogP contribution is 2.17. The fourth-order valence-electron chi connectivity index (χ4n) is 3.34. The Morgan fingerprint density at radius 1 is 0.714 bits per heavy atom. The van der Waals surface area contributed by atoms with Crippen LogP contribution in [0.5, 0.6) is 0 Å². The SMILES string of the molecule is CC(C)CN(CC(C)C)C(=O)c1ccncc1C(=O)N(CC(C)C)CC(C)C. The number of aromatic nitrogens is 1. The minimum atomic E-state index is -0.104. The molecule has 0 saturated carbocycles. The molecule has 0 aromatic carbocycles. The van der Waals surface area contributed by atoms with E-state index in [2.05, 4.69) is 60.4 Å². The molecule has 5 heteroatoms. The summed E-state index contributed by atoms with van der Waals surface area (Å²) in [6.45, 7) is 19.5. The van der Waals surface area contributed by atoms with Crippen LogP contribution in [0.4, 0.5) is 0 Å². The summed E-state index contributed by atoms with van der Waals surface area (Å²) in [7, 11) is 0. The zero-order valence-corrected chi connectivity index (χ0v) is 19.0. The van der Waals surface area contributed by atoms with Crippen molar-refractivity contribution in [3.63, 3.8) is 0 Å². The summed E-state index contributed by atoms with van der Waals surface area (Å²) in [6.07, 6.45) is 3.15. The average molecular weight is 390 g/mol. The van der Waals surface area contributed by atoms with Crippen LogP contribution in [0, 0.1) is 23.7 Å². The Morgan fingerprint density at radius 3 is 1.43 bits per heavy atom. The van der Waals surface area contributed by atoms with E-state index < -0.39 is 0 Å². The number of hydrogen-bond acceptors (Lipinski definition) is 3. The van der Waals surface area contributed by atoms with Gasteiger partial charge in [0.2, 0.25) is 0 Å². The Kier molecular flexibility index (Phi) is 9.63. The summed E-state index contributed by atoms with van der Waals surface area (Å²) in [5.74, 6) is 1.26. The van der Waals surface area contributed by atoms with Gasteiger partial charge in [0, 0.05) is 38.6 Å². The van der Waals surface area contributed by atoms with Crippen molar-refractivity contribution in [3.05, 3.63) is 29.6 Å². The van der Waals surface area contributed by atoms with Gasteiger partial charge < -0.3 is 9.80 Å². The van der Waals surface area contributed by atoms with Gasteiger partial charge in [-0.15, -0.1) is 0 Å². The van der Waals surface area contributed by atoms with Crippen molar-refractivity contribution < 1.29 is 9.59 Å². The lowest BCUT2D eigenvalue weighted by atomic mass is 10.0. The minimum Gasteiger partial charge on any atom is -0.338 e. The van der Waals surface area contributed by atoms with Crippen molar-refractivity contribution in [2.24, 2.45) is 23.7 Å². The smallest absolute Gasteiger partial charge is 0.256 e. The van der Waals surface area contributed by atoms with E-state index in [1.54, 1.807) is 18.5 Å². The van der Waals surface area contributed by atoms with Gasteiger partial charge in [-0.3, -0.25) is 14.6 Å². The molecule has 2 amide bonds. The summed E-state index contributed by atoms with van der Waals surface area (Å²) in [5.41, 5.74) is 0.866. The van der Waals surface area contributed by atoms with Crippen LogP contribution in [0.15, 0.2) is 18.5 Å². The molecule has 1 aromatic rings. The molecule has 0 saturated heterocycles. The topological polar surface area (TPSA) is 53.5 Å². The van der Waals surface area contributed by atoms with E-state index in [9.17, 15) is 9.59 Å². The number of amides is 2. The van der Waals surface area contributed by atoms with Crippen molar-refractivity contribution in [2.45, 2.75) is 55.4 Å². The molecule has 1 heterocycles. The van der Waals surface area contributed by atoms with Crippen molar-refractivity contribution in [2.75, 3.05) is 26.2 Å². The molecule has 0 spiro atoms. The molecule has 0 N–H and O–H groups in total. The lowest BCUT2D eigenvalue weighted by Gasteiger charge is -2.29. The Morgan fingerprint density at radius 2 is 1.07 bits per heavy atom. The third kappa shape index (κ3) is 7.61. The van der Waals surface area contributed by atoms with Gasteiger partial charge in [0.25, 0.3) is 11.8 Å². The highest BCUT2D eigenvalue weighted by atomic mass is 16.2. The molecule has 0 aliphatic rings. The summed E-state index contributed by atoms with van der Waals surface area (Å²) in [4.78, 5) is 34.5. The number of pyridine rings is 1. The van der Waals surface area contributed by atoms with E-state index in [0.29, 0.717) is 61.0 Å². The molecule has 158 valence electrons. The Labute approximate surface area is 171 Å². The average Bonchev–Trinajstić information content (AvgIpc) is 2.57. The second-order valence-corrected chi connectivity index (χ2v) is 9.42. The van der Waals surface area contributed by atoms with Gasteiger partial charge in [-0.05, 0) is 29.7 Å². The van der Waals surface area contributed by atoms with E-state index in [1.807, 2.05) is 9.80 Å². The van der Waals surface area contributed by atoms with Crippen molar-refractivity contribution >= 4 is 11.8 Å². The van der Waals surface area contributed by atoms with Crippen LogP contribution < -0.4 is 0 Å². The zero-order chi connectivity index (χ0) is 21.4. The van der Waals surface area contributed by atoms with E-state index in [1.165, 1.54) is 0 Å². The fourth-order valence-corrected chi connectivity index (χ4v) is 3.34. The highest BCUT2D eigenvalue weighted by Gasteiger charge is 2.26. The number of hydrogen-bond donors (Lipinski definition) is 0. The van der Waals surface area contributed by atoms with Gasteiger partial charge >= 0.3 is 0 Å². The maximum absolute atomic E-state index is 13.3. The van der Waals surface area contributed by atoms with Crippen LogP contribution in [0.2, 0.25) is 0 Å². The largest absolute Gasteiger partial charge is 0.338 e. The molecule has 0 radical (unpaired) electrons. The molecule has 0 aliphatic carbocycles. The minimum absolute atomic E-state index is 0.0813. The predicted octanol–water partition coefficient (Wildman–Crippen LogP) is 4.59. The number of carbonyl (C=O) groups is 2. The number of rotatable bonds is 10. The van der Waals surface area contributed by atoms with Crippen LogP contribution >= 0.6 is 0 Å². The standard InChI is InChI=1S/C23H39N3O2/c1-16(2)12-25(13-17(3)4)22(27)20-9-10-24-11-21(20)23(28)26(14-18(5)6)15-19(7)8/h9-11,16-19H,12-15H2,1-8H3. The normalized spacial score (nSPS) is 11.6. The Balaban J connectivity index is 3.25. The molecule has 0 unspecified atom stereocenters. The molecular weight excluding hydrogens is 350 g/mol. The lowest BCUT2D eigenvalue weighted by molar-refractivity contribution is 0.0676. The van der Waals surface area contributed by atoms with Gasteiger partial charge in [-0.1, -0.05) is 55.4 Å². The molecule has 1 rings (SSSR count). The van der Waals surface area contributed by atoms with Crippen molar-refractivity contribution in [1.29, 1.82) is 0 Å². The first-order chi connectivity index (χ1) is 13.0. The summed E-state index contributed by atoms with van der Waals surface area (Å²) in [6, 6.07) is 1.69. The van der Waals surface area contributed by atoms with E-state index in [0.717, 1.165) is 0 Å². The highest BCUT2D eigenvalue weighted by molar-refractivity contribution is 6.07. The molecule has 5 nitrogen and oxygen atoms in total. The molecule has 0 bridgehead atoms. The number of carbonyl (C=O) groups excluding carboxylic acids is 2. The van der Waals surface area contributed by atoms with Gasteiger partial charge in [0.15, 0.2) is 0 Å². The predicted molar refractivity (Wildman–Crippen MR) is 115 cm³/mol. The van der Waals surface area contributed by atoms with E-state index in [4.69, 9.17) is 0 Å². The first-order valence-corrected chi connectivity index (χ1v) is 10.5. The molecule has 1 aromatic heterocycles. The lowest BCUT2D eigenvalue weighted by Crippen LogP contribution is -2.40. The Bertz CT molecular complexity index is 563. The summed E-state index contributed by atoms with van der Waals surface area (Å²) < 4.78 is 0. The summed E-state index contributed by atoms with van der Waals surface area (Å²) >= 11 is 0. The van der Waals surface area contributed by atoms with Crippen LogP contribution in [-0.2, 0) is 0 Å². The third-order valence-corrected chi connectivity index (χ3v) is 4.20. The maximum Gasteiger partial charge on any atom is 0.256 e. The molecule has 0 aliphatic heterocycles. The van der Waals surface area contributed by atoms with Crippen molar-refractivity contribution in [1.82, 2.24) is 14.8 Å². The van der Waals surface area contributed by atoms with Crippen LogP contribution in [0.3, 0.4) is 0 Å². The van der Waals surface area contributed by atoms with Gasteiger partial charge in [0.05, 0.1) is 11.1 Å². The van der Waals surface area contributed by atoms with E-state index in [-0.39, 0.29) is 11.8 Å². The molecule has 28 heavy (non-hydrogen) atoms. The first-order valence-electron chi connectivity index (χ1n) is 10.5. The fraction of sp³-hybridized carbons (Fsp3) is 0.696.